The number of halogens is 1. The van der Waals surface area contributed by atoms with Crippen molar-refractivity contribution in [3.8, 4) is 0 Å². The maximum atomic E-state index is 11.1. The van der Waals surface area contributed by atoms with E-state index in [1.54, 1.807) is 6.07 Å². The molecule has 0 aromatic carbocycles. The summed E-state index contributed by atoms with van der Waals surface area (Å²) in [4.78, 5) is 22.8. The smallest absolute Gasteiger partial charge is 0.315 e. The van der Waals surface area contributed by atoms with Gasteiger partial charge in [0.25, 0.3) is 0 Å². The molecule has 1 fully saturated rings. The third kappa shape index (κ3) is 1.31. The molecule has 1 aliphatic rings. The van der Waals surface area contributed by atoms with Gasteiger partial charge < -0.3 is 5.11 Å². The minimum Gasteiger partial charge on any atom is -0.481 e. The van der Waals surface area contributed by atoms with Crippen molar-refractivity contribution >= 4 is 39.0 Å². The minimum absolute atomic E-state index is 0.0249. The zero-order valence-corrected chi connectivity index (χ0v) is 9.52. The maximum Gasteiger partial charge on any atom is 0.315 e. The summed E-state index contributed by atoms with van der Waals surface area (Å²) in [5, 5.41) is 9.10. The largest absolute Gasteiger partial charge is 0.481 e. The first-order valence-electron chi connectivity index (χ1n) is 4.05. The fourth-order valence-corrected chi connectivity index (χ4v) is 3.19. The molecule has 0 bridgehead atoms. The molecule has 5 heteroatoms. The summed E-state index contributed by atoms with van der Waals surface area (Å²) in [6.45, 7) is 0. The molecule has 2 rings (SSSR count). The number of carboxylic acid groups (broad SMARTS) is 1. The Hall–Kier alpha value is -0.680. The van der Waals surface area contributed by atoms with E-state index in [1.165, 1.54) is 11.3 Å². The predicted octanol–water partition coefficient (Wildman–Crippen LogP) is 2.20. The van der Waals surface area contributed by atoms with Gasteiger partial charge in [-0.3, -0.25) is 9.59 Å². The van der Waals surface area contributed by atoms with Crippen LogP contribution < -0.4 is 0 Å². The second-order valence-electron chi connectivity index (χ2n) is 3.38. The van der Waals surface area contributed by atoms with Gasteiger partial charge in [0.05, 0.1) is 3.79 Å². The molecule has 0 radical (unpaired) electrons. The first-order valence-corrected chi connectivity index (χ1v) is 5.66. The number of rotatable bonds is 2. The summed E-state index contributed by atoms with van der Waals surface area (Å²) in [7, 11) is 0. The van der Waals surface area contributed by atoms with Crippen LogP contribution in [0.1, 0.15) is 17.7 Å². The van der Waals surface area contributed by atoms with Crippen molar-refractivity contribution in [2.24, 2.45) is 0 Å². The molecule has 0 amide bonds. The Morgan fingerprint density at radius 2 is 2.14 bits per heavy atom. The predicted molar refractivity (Wildman–Crippen MR) is 55.6 cm³/mol. The maximum absolute atomic E-state index is 11.1. The molecule has 1 N–H and O–H groups in total. The third-order valence-corrected chi connectivity index (χ3v) is 4.28. The first kappa shape index (κ1) is 9.86. The van der Waals surface area contributed by atoms with Crippen molar-refractivity contribution < 1.29 is 14.7 Å². The van der Waals surface area contributed by atoms with E-state index in [2.05, 4.69) is 15.9 Å². The standard InChI is InChI=1S/C9H7BrO3S/c10-7-2-1-6(14-7)9(8(12)13)3-5(11)4-9/h1-2H,3-4H2,(H,12,13). The highest BCUT2D eigenvalue weighted by atomic mass is 79.9. The summed E-state index contributed by atoms with van der Waals surface area (Å²) < 4.78 is 0.896. The number of carboxylic acids is 1. The molecular formula is C9H7BrO3S. The van der Waals surface area contributed by atoms with Crippen LogP contribution in [0.3, 0.4) is 0 Å². The zero-order chi connectivity index (χ0) is 10.3. The van der Waals surface area contributed by atoms with Crippen LogP contribution in [0.2, 0.25) is 0 Å². The van der Waals surface area contributed by atoms with E-state index in [1.807, 2.05) is 6.07 Å². The fourth-order valence-electron chi connectivity index (χ4n) is 1.62. The molecule has 0 saturated heterocycles. The summed E-state index contributed by atoms with van der Waals surface area (Å²) in [5.74, 6) is -0.872. The highest BCUT2D eigenvalue weighted by Gasteiger charge is 2.52. The number of hydrogen-bond donors (Lipinski definition) is 1. The van der Waals surface area contributed by atoms with Crippen molar-refractivity contribution in [1.29, 1.82) is 0 Å². The van der Waals surface area contributed by atoms with Gasteiger partial charge in [0.2, 0.25) is 0 Å². The van der Waals surface area contributed by atoms with Gasteiger partial charge >= 0.3 is 5.97 Å². The lowest BCUT2D eigenvalue weighted by atomic mass is 9.67. The van der Waals surface area contributed by atoms with Gasteiger partial charge in [0.15, 0.2) is 0 Å². The van der Waals surface area contributed by atoms with E-state index in [4.69, 9.17) is 5.11 Å². The van der Waals surface area contributed by atoms with Crippen molar-refractivity contribution in [2.75, 3.05) is 0 Å². The van der Waals surface area contributed by atoms with Gasteiger partial charge in [0.1, 0.15) is 11.2 Å². The lowest BCUT2D eigenvalue weighted by molar-refractivity contribution is -0.153. The van der Waals surface area contributed by atoms with E-state index in [9.17, 15) is 9.59 Å². The van der Waals surface area contributed by atoms with Gasteiger partial charge in [-0.05, 0) is 28.1 Å². The molecule has 14 heavy (non-hydrogen) atoms. The molecule has 74 valence electrons. The molecule has 1 aromatic heterocycles. The summed E-state index contributed by atoms with van der Waals surface area (Å²) in [5.41, 5.74) is -0.937. The number of Topliss-reactive ketones (excluding diaryl/α,β-unsaturated/α-hetero) is 1. The highest BCUT2D eigenvalue weighted by Crippen LogP contribution is 2.45. The number of ketones is 1. The Bertz CT molecular complexity index is 402. The average Bonchev–Trinajstić information content (AvgIpc) is 2.45. The van der Waals surface area contributed by atoms with Gasteiger partial charge in [-0.1, -0.05) is 0 Å². The normalized spacial score (nSPS) is 19.1. The van der Waals surface area contributed by atoms with Crippen LogP contribution in [-0.4, -0.2) is 16.9 Å². The molecular weight excluding hydrogens is 268 g/mol. The Labute approximate surface area is 92.9 Å². The number of thiophene rings is 1. The molecule has 1 aromatic rings. The lowest BCUT2D eigenvalue weighted by Gasteiger charge is -2.35. The van der Waals surface area contributed by atoms with Crippen LogP contribution >= 0.6 is 27.3 Å². The van der Waals surface area contributed by atoms with Crippen molar-refractivity contribution in [1.82, 2.24) is 0 Å². The van der Waals surface area contributed by atoms with Crippen LogP contribution in [0, 0.1) is 0 Å². The molecule has 1 saturated carbocycles. The van der Waals surface area contributed by atoms with E-state index in [-0.39, 0.29) is 18.6 Å². The highest BCUT2D eigenvalue weighted by molar-refractivity contribution is 9.11. The monoisotopic (exact) mass is 274 g/mol. The summed E-state index contributed by atoms with van der Waals surface area (Å²) in [6, 6.07) is 3.59. The van der Waals surface area contributed by atoms with Crippen LogP contribution in [0.15, 0.2) is 15.9 Å². The summed E-state index contributed by atoms with van der Waals surface area (Å²) >= 11 is 4.67. The molecule has 3 nitrogen and oxygen atoms in total. The molecule has 0 unspecified atom stereocenters. The quantitative estimate of drug-likeness (QED) is 0.900. The van der Waals surface area contributed by atoms with Gasteiger partial charge in [-0.25, -0.2) is 0 Å². The zero-order valence-electron chi connectivity index (χ0n) is 7.12. The van der Waals surface area contributed by atoms with Gasteiger partial charge in [0, 0.05) is 17.7 Å². The van der Waals surface area contributed by atoms with E-state index >= 15 is 0 Å². The van der Waals surface area contributed by atoms with E-state index in [0.29, 0.717) is 0 Å². The number of hydrogen-bond acceptors (Lipinski definition) is 3. The number of carbonyl (C=O) groups is 2. The summed E-state index contributed by atoms with van der Waals surface area (Å²) in [6.07, 6.45) is 0.268. The van der Waals surface area contributed by atoms with Crippen molar-refractivity contribution in [2.45, 2.75) is 18.3 Å². The van der Waals surface area contributed by atoms with Gasteiger partial charge in [-0.2, -0.15) is 0 Å². The van der Waals surface area contributed by atoms with Gasteiger partial charge in [-0.15, -0.1) is 11.3 Å². The average molecular weight is 275 g/mol. The Balaban J connectivity index is 2.38. The van der Waals surface area contributed by atoms with Crippen molar-refractivity contribution in [3.05, 3.63) is 20.8 Å². The second-order valence-corrected chi connectivity index (χ2v) is 5.85. The fraction of sp³-hybridized carbons (Fsp3) is 0.333. The number of aliphatic carboxylic acids is 1. The minimum atomic E-state index is -0.937. The van der Waals surface area contributed by atoms with Crippen LogP contribution in [-0.2, 0) is 15.0 Å². The lowest BCUT2D eigenvalue weighted by Crippen LogP contribution is -2.47. The molecule has 1 heterocycles. The van der Waals surface area contributed by atoms with Crippen LogP contribution in [0.4, 0.5) is 0 Å². The molecule has 0 aliphatic heterocycles. The second kappa shape index (κ2) is 3.17. The van der Waals surface area contributed by atoms with Crippen LogP contribution in [0.5, 0.6) is 0 Å². The Kier molecular flexibility index (Phi) is 2.23. The SMILES string of the molecule is O=C1CC(C(=O)O)(c2ccc(Br)s2)C1. The topological polar surface area (TPSA) is 54.4 Å². The van der Waals surface area contributed by atoms with E-state index in [0.717, 1.165) is 8.66 Å². The van der Waals surface area contributed by atoms with E-state index < -0.39 is 11.4 Å². The molecule has 1 aliphatic carbocycles. The Morgan fingerprint density at radius 1 is 1.50 bits per heavy atom. The van der Waals surface area contributed by atoms with Crippen molar-refractivity contribution in [3.63, 3.8) is 0 Å². The Morgan fingerprint density at radius 3 is 2.50 bits per heavy atom. The van der Waals surface area contributed by atoms with Crippen LogP contribution in [0.25, 0.3) is 0 Å². The molecule has 0 atom stereocenters. The third-order valence-electron chi connectivity index (χ3n) is 2.45. The number of carbonyl (C=O) groups excluding carboxylic acids is 1. The molecule has 0 spiro atoms. The first-order chi connectivity index (χ1) is 6.54.